The van der Waals surface area contributed by atoms with Gasteiger partial charge in [0.1, 0.15) is 11.9 Å². The molecule has 0 aromatic carbocycles. The van der Waals surface area contributed by atoms with Crippen LogP contribution in [0.25, 0.3) is 0 Å². The van der Waals surface area contributed by atoms with E-state index in [1.165, 1.54) is 0 Å². The normalized spacial score (nSPS) is 20.8. The number of Topliss-reactive ketones (excluding diaryl/α,β-unsaturated/α-hetero) is 1. The van der Waals surface area contributed by atoms with Crippen LogP contribution >= 0.6 is 0 Å². The van der Waals surface area contributed by atoms with Crippen LogP contribution in [0.3, 0.4) is 0 Å². The molecular formula is C13H19N3O2. The van der Waals surface area contributed by atoms with Gasteiger partial charge in [-0.25, -0.2) is 4.98 Å². The van der Waals surface area contributed by atoms with Gasteiger partial charge in [0.05, 0.1) is 6.61 Å². The summed E-state index contributed by atoms with van der Waals surface area (Å²) < 4.78 is 5.53. The van der Waals surface area contributed by atoms with Crippen LogP contribution in [0.15, 0.2) is 18.3 Å². The van der Waals surface area contributed by atoms with Gasteiger partial charge in [-0.3, -0.25) is 9.69 Å². The lowest BCUT2D eigenvalue weighted by Gasteiger charge is -2.31. The van der Waals surface area contributed by atoms with Crippen molar-refractivity contribution in [3.63, 3.8) is 0 Å². The Hall–Kier alpha value is -1.46. The van der Waals surface area contributed by atoms with Crippen molar-refractivity contribution in [3.8, 4) is 0 Å². The lowest BCUT2D eigenvalue weighted by atomic mass is 10.0. The molecule has 0 aliphatic carbocycles. The van der Waals surface area contributed by atoms with Gasteiger partial charge in [0, 0.05) is 31.3 Å². The van der Waals surface area contributed by atoms with Gasteiger partial charge in [0.2, 0.25) is 0 Å². The standard InChI is InChI=1S/C13H19N3O2/c1-2-16-6-7-18-12(9-16)11(17)8-10-4-3-5-15-13(10)14/h3-5,12H,2,6-9H2,1H3,(H2,14,15). The molecular weight excluding hydrogens is 230 g/mol. The summed E-state index contributed by atoms with van der Waals surface area (Å²) in [5, 5.41) is 0. The second kappa shape index (κ2) is 5.93. The van der Waals surface area contributed by atoms with E-state index in [1.54, 1.807) is 12.3 Å². The molecule has 98 valence electrons. The molecule has 18 heavy (non-hydrogen) atoms. The van der Waals surface area contributed by atoms with Crippen LogP contribution in [-0.4, -0.2) is 48.0 Å². The van der Waals surface area contributed by atoms with E-state index in [2.05, 4.69) is 16.8 Å². The molecule has 0 spiro atoms. The lowest BCUT2D eigenvalue weighted by Crippen LogP contribution is -2.46. The number of ketones is 1. The predicted molar refractivity (Wildman–Crippen MR) is 69.2 cm³/mol. The molecule has 0 bridgehead atoms. The van der Waals surface area contributed by atoms with Crippen LogP contribution < -0.4 is 5.73 Å². The highest BCUT2D eigenvalue weighted by Crippen LogP contribution is 2.12. The minimum absolute atomic E-state index is 0.0767. The molecule has 1 unspecified atom stereocenters. The maximum absolute atomic E-state index is 12.1. The zero-order valence-electron chi connectivity index (χ0n) is 10.6. The first-order valence-electron chi connectivity index (χ1n) is 6.26. The summed E-state index contributed by atoms with van der Waals surface area (Å²) >= 11 is 0. The maximum atomic E-state index is 12.1. The molecule has 1 saturated heterocycles. The highest BCUT2D eigenvalue weighted by Gasteiger charge is 2.26. The molecule has 0 radical (unpaired) electrons. The molecule has 2 heterocycles. The third-order valence-electron chi connectivity index (χ3n) is 3.25. The van der Waals surface area contributed by atoms with E-state index in [9.17, 15) is 4.79 Å². The molecule has 1 aromatic heterocycles. The number of anilines is 1. The van der Waals surface area contributed by atoms with Gasteiger partial charge in [0.15, 0.2) is 5.78 Å². The minimum Gasteiger partial charge on any atom is -0.383 e. The van der Waals surface area contributed by atoms with Gasteiger partial charge in [-0.1, -0.05) is 13.0 Å². The topological polar surface area (TPSA) is 68.5 Å². The number of morpholine rings is 1. The Kier molecular flexibility index (Phi) is 4.28. The fourth-order valence-corrected chi connectivity index (χ4v) is 2.09. The number of nitrogens with two attached hydrogens (primary N) is 1. The Bertz CT molecular complexity index is 422. The van der Waals surface area contributed by atoms with Crippen molar-refractivity contribution < 1.29 is 9.53 Å². The first-order valence-corrected chi connectivity index (χ1v) is 6.26. The van der Waals surface area contributed by atoms with Crippen molar-refractivity contribution in [2.75, 3.05) is 32.0 Å². The van der Waals surface area contributed by atoms with Crippen LogP contribution in [-0.2, 0) is 16.0 Å². The number of rotatable bonds is 4. The molecule has 1 aromatic rings. The molecule has 0 amide bonds. The zero-order chi connectivity index (χ0) is 13.0. The first-order chi connectivity index (χ1) is 8.70. The Balaban J connectivity index is 1.97. The molecule has 5 nitrogen and oxygen atoms in total. The van der Waals surface area contributed by atoms with Crippen molar-refractivity contribution >= 4 is 11.6 Å². The first kappa shape index (κ1) is 13.0. The van der Waals surface area contributed by atoms with E-state index in [0.717, 1.165) is 18.7 Å². The Morgan fingerprint density at radius 1 is 1.67 bits per heavy atom. The average molecular weight is 249 g/mol. The van der Waals surface area contributed by atoms with Gasteiger partial charge in [-0.05, 0) is 12.6 Å². The number of hydrogen-bond donors (Lipinski definition) is 1. The number of nitrogen functional groups attached to an aromatic ring is 1. The molecule has 1 fully saturated rings. The van der Waals surface area contributed by atoms with Gasteiger partial charge >= 0.3 is 0 Å². The van der Waals surface area contributed by atoms with Crippen LogP contribution in [0.2, 0.25) is 0 Å². The van der Waals surface area contributed by atoms with Crippen molar-refractivity contribution in [2.24, 2.45) is 0 Å². The SMILES string of the molecule is CCN1CCOC(C(=O)Cc2cccnc2N)C1. The smallest absolute Gasteiger partial charge is 0.167 e. The van der Waals surface area contributed by atoms with Gasteiger partial charge < -0.3 is 10.5 Å². The van der Waals surface area contributed by atoms with E-state index in [1.807, 2.05) is 6.07 Å². The Labute approximate surface area is 107 Å². The molecule has 5 heteroatoms. The molecule has 0 saturated carbocycles. The number of likely N-dealkylation sites (N-methyl/N-ethyl adjacent to an activating group) is 1. The largest absolute Gasteiger partial charge is 0.383 e. The second-order valence-corrected chi connectivity index (χ2v) is 4.44. The third-order valence-corrected chi connectivity index (χ3v) is 3.25. The number of ether oxygens (including phenoxy) is 1. The quantitative estimate of drug-likeness (QED) is 0.841. The Morgan fingerprint density at radius 2 is 2.50 bits per heavy atom. The minimum atomic E-state index is -0.335. The fraction of sp³-hybridized carbons (Fsp3) is 0.538. The van der Waals surface area contributed by atoms with Crippen molar-refractivity contribution in [2.45, 2.75) is 19.4 Å². The lowest BCUT2D eigenvalue weighted by molar-refractivity contribution is -0.135. The molecule has 1 aliphatic rings. The average Bonchev–Trinajstić information content (AvgIpc) is 2.41. The van der Waals surface area contributed by atoms with Crippen LogP contribution in [0.4, 0.5) is 5.82 Å². The highest BCUT2D eigenvalue weighted by atomic mass is 16.5. The van der Waals surface area contributed by atoms with E-state index >= 15 is 0 Å². The molecule has 2 rings (SSSR count). The summed E-state index contributed by atoms with van der Waals surface area (Å²) in [6, 6.07) is 3.62. The summed E-state index contributed by atoms with van der Waals surface area (Å²) in [6.45, 7) is 5.23. The zero-order valence-corrected chi connectivity index (χ0v) is 10.6. The predicted octanol–water partition coefficient (Wildman–Crippen LogP) is 0.496. The van der Waals surface area contributed by atoms with E-state index in [4.69, 9.17) is 10.5 Å². The fourth-order valence-electron chi connectivity index (χ4n) is 2.09. The Morgan fingerprint density at radius 3 is 3.22 bits per heavy atom. The van der Waals surface area contributed by atoms with E-state index in [-0.39, 0.29) is 11.9 Å². The van der Waals surface area contributed by atoms with Crippen LogP contribution in [0.1, 0.15) is 12.5 Å². The molecule has 1 atom stereocenters. The molecule has 1 aliphatic heterocycles. The van der Waals surface area contributed by atoms with Gasteiger partial charge in [-0.15, -0.1) is 0 Å². The summed E-state index contributed by atoms with van der Waals surface area (Å²) in [5.41, 5.74) is 6.51. The summed E-state index contributed by atoms with van der Waals surface area (Å²) in [7, 11) is 0. The second-order valence-electron chi connectivity index (χ2n) is 4.44. The monoisotopic (exact) mass is 249 g/mol. The summed E-state index contributed by atoms with van der Waals surface area (Å²) in [4.78, 5) is 18.3. The summed E-state index contributed by atoms with van der Waals surface area (Å²) in [6.07, 6.45) is 1.58. The van der Waals surface area contributed by atoms with Crippen LogP contribution in [0.5, 0.6) is 0 Å². The van der Waals surface area contributed by atoms with Crippen molar-refractivity contribution in [3.05, 3.63) is 23.9 Å². The van der Waals surface area contributed by atoms with Gasteiger partial charge in [0.25, 0.3) is 0 Å². The third kappa shape index (κ3) is 3.05. The number of aromatic nitrogens is 1. The number of carbonyl (C=O) groups excluding carboxylic acids is 1. The number of pyridine rings is 1. The maximum Gasteiger partial charge on any atom is 0.167 e. The van der Waals surface area contributed by atoms with Crippen LogP contribution in [0, 0.1) is 0 Å². The van der Waals surface area contributed by atoms with E-state index in [0.29, 0.717) is 25.4 Å². The number of nitrogens with zero attached hydrogens (tertiary/aromatic N) is 2. The number of hydrogen-bond acceptors (Lipinski definition) is 5. The van der Waals surface area contributed by atoms with Crippen molar-refractivity contribution in [1.29, 1.82) is 0 Å². The van der Waals surface area contributed by atoms with E-state index < -0.39 is 0 Å². The molecule has 2 N–H and O–H groups in total. The highest BCUT2D eigenvalue weighted by molar-refractivity contribution is 5.86. The van der Waals surface area contributed by atoms with Gasteiger partial charge in [-0.2, -0.15) is 0 Å². The number of carbonyl (C=O) groups is 1. The van der Waals surface area contributed by atoms with Crippen molar-refractivity contribution in [1.82, 2.24) is 9.88 Å². The summed E-state index contributed by atoms with van der Waals surface area (Å²) in [5.74, 6) is 0.502.